The summed E-state index contributed by atoms with van der Waals surface area (Å²) in [5.41, 5.74) is 8.28. The Balaban J connectivity index is 2.70. The van der Waals surface area contributed by atoms with Crippen LogP contribution in [0.1, 0.15) is 5.82 Å². The molecule has 0 radical (unpaired) electrons. The number of nitrogen functional groups attached to an aromatic ring is 1. The summed E-state index contributed by atoms with van der Waals surface area (Å²) in [7, 11) is 0. The lowest BCUT2D eigenvalue weighted by Gasteiger charge is -2.03. The van der Waals surface area contributed by atoms with Gasteiger partial charge in [0.25, 0.3) is 0 Å². The van der Waals surface area contributed by atoms with Crippen molar-refractivity contribution in [2.75, 3.05) is 12.3 Å². The maximum Gasteiger partial charge on any atom is 0.112 e. The summed E-state index contributed by atoms with van der Waals surface area (Å²) in [6.45, 7) is 2.59. The van der Waals surface area contributed by atoms with Crippen LogP contribution < -0.4 is 5.73 Å². The quantitative estimate of drug-likeness (QED) is 0.694. The van der Waals surface area contributed by atoms with E-state index in [1.807, 2.05) is 29.7 Å². The third kappa shape index (κ3) is 1.24. The van der Waals surface area contributed by atoms with E-state index in [-0.39, 0.29) is 6.61 Å². The molecule has 4 heteroatoms. The molecule has 0 bridgehead atoms. The standard InChI is InChI=1S/C10H13N3O/c1-7-12-10-8(11)3-2-4-9(10)13(7)5-6-14/h2-4,14H,5-6,11H2,1H3. The summed E-state index contributed by atoms with van der Waals surface area (Å²) in [4.78, 5) is 4.36. The number of benzene rings is 1. The number of fused-ring (bicyclic) bond motifs is 1. The van der Waals surface area contributed by atoms with Gasteiger partial charge in [-0.15, -0.1) is 0 Å². The van der Waals surface area contributed by atoms with Gasteiger partial charge in [-0.3, -0.25) is 0 Å². The van der Waals surface area contributed by atoms with Gasteiger partial charge in [-0.2, -0.15) is 0 Å². The Morgan fingerprint density at radius 2 is 2.29 bits per heavy atom. The summed E-state index contributed by atoms with van der Waals surface area (Å²) < 4.78 is 1.96. The van der Waals surface area contributed by atoms with Gasteiger partial charge in [-0.25, -0.2) is 4.98 Å². The molecule has 14 heavy (non-hydrogen) atoms. The minimum atomic E-state index is 0.112. The van der Waals surface area contributed by atoms with Crippen LogP contribution in [0.15, 0.2) is 18.2 Å². The van der Waals surface area contributed by atoms with Gasteiger partial charge in [0.05, 0.1) is 17.8 Å². The molecule has 0 fully saturated rings. The Labute approximate surface area is 82.0 Å². The number of hydrogen-bond acceptors (Lipinski definition) is 3. The highest BCUT2D eigenvalue weighted by molar-refractivity contribution is 5.87. The van der Waals surface area contributed by atoms with Gasteiger partial charge in [-0.05, 0) is 19.1 Å². The summed E-state index contributed by atoms with van der Waals surface area (Å²) in [5.74, 6) is 0.881. The van der Waals surface area contributed by atoms with Crippen LogP contribution in [-0.2, 0) is 6.54 Å². The molecular formula is C10H13N3O. The maximum absolute atomic E-state index is 8.91. The lowest BCUT2D eigenvalue weighted by atomic mass is 10.3. The van der Waals surface area contributed by atoms with Gasteiger partial charge >= 0.3 is 0 Å². The number of aliphatic hydroxyl groups is 1. The lowest BCUT2D eigenvalue weighted by molar-refractivity contribution is 0.276. The Morgan fingerprint density at radius 3 is 3.00 bits per heavy atom. The highest BCUT2D eigenvalue weighted by Crippen LogP contribution is 2.20. The molecule has 74 valence electrons. The van der Waals surface area contributed by atoms with Crippen LogP contribution in [0.4, 0.5) is 5.69 Å². The zero-order valence-corrected chi connectivity index (χ0v) is 8.07. The fourth-order valence-corrected chi connectivity index (χ4v) is 1.67. The van der Waals surface area contributed by atoms with Gasteiger partial charge in [0.15, 0.2) is 0 Å². The molecule has 1 aromatic carbocycles. The summed E-state index contributed by atoms with van der Waals surface area (Å²) in [5, 5.41) is 8.91. The molecule has 3 N–H and O–H groups in total. The lowest BCUT2D eigenvalue weighted by Crippen LogP contribution is -2.03. The summed E-state index contributed by atoms with van der Waals surface area (Å²) >= 11 is 0. The van der Waals surface area contributed by atoms with E-state index in [2.05, 4.69) is 4.98 Å². The number of anilines is 1. The number of nitrogens with two attached hydrogens (primary N) is 1. The molecule has 2 rings (SSSR count). The van der Waals surface area contributed by atoms with Gasteiger partial charge < -0.3 is 15.4 Å². The largest absolute Gasteiger partial charge is 0.397 e. The first-order chi connectivity index (χ1) is 6.74. The second-order valence-electron chi connectivity index (χ2n) is 3.25. The monoisotopic (exact) mass is 191 g/mol. The first-order valence-electron chi connectivity index (χ1n) is 4.56. The topological polar surface area (TPSA) is 64.1 Å². The van der Waals surface area contributed by atoms with Crippen LogP contribution in [0.5, 0.6) is 0 Å². The van der Waals surface area contributed by atoms with E-state index in [1.165, 1.54) is 0 Å². The zero-order chi connectivity index (χ0) is 10.1. The summed E-state index contributed by atoms with van der Waals surface area (Å²) in [6.07, 6.45) is 0. The zero-order valence-electron chi connectivity index (χ0n) is 8.07. The molecule has 1 heterocycles. The highest BCUT2D eigenvalue weighted by Gasteiger charge is 2.07. The van der Waals surface area contributed by atoms with Crippen molar-refractivity contribution < 1.29 is 5.11 Å². The molecule has 0 atom stereocenters. The number of aryl methyl sites for hydroxylation is 1. The highest BCUT2D eigenvalue weighted by atomic mass is 16.3. The van der Waals surface area contributed by atoms with E-state index in [4.69, 9.17) is 10.8 Å². The van der Waals surface area contributed by atoms with Crippen molar-refractivity contribution in [1.29, 1.82) is 0 Å². The third-order valence-electron chi connectivity index (χ3n) is 2.32. The van der Waals surface area contributed by atoms with Crippen LogP contribution >= 0.6 is 0 Å². The van der Waals surface area contributed by atoms with Crippen molar-refractivity contribution in [3.63, 3.8) is 0 Å². The van der Waals surface area contributed by atoms with E-state index in [1.54, 1.807) is 0 Å². The molecule has 4 nitrogen and oxygen atoms in total. The molecular weight excluding hydrogens is 178 g/mol. The average molecular weight is 191 g/mol. The Bertz CT molecular complexity index is 462. The van der Waals surface area contributed by atoms with Gasteiger partial charge in [0, 0.05) is 6.54 Å². The van der Waals surface area contributed by atoms with Crippen LogP contribution in [0.3, 0.4) is 0 Å². The number of aliphatic hydroxyl groups excluding tert-OH is 1. The fraction of sp³-hybridized carbons (Fsp3) is 0.300. The number of para-hydroxylation sites is 1. The van der Waals surface area contributed by atoms with E-state index >= 15 is 0 Å². The predicted octanol–water partition coefficient (Wildman–Crippen LogP) is 0.919. The van der Waals surface area contributed by atoms with Crippen LogP contribution in [0.25, 0.3) is 11.0 Å². The third-order valence-corrected chi connectivity index (χ3v) is 2.32. The van der Waals surface area contributed by atoms with Crippen LogP contribution in [0.2, 0.25) is 0 Å². The molecule has 0 saturated carbocycles. The SMILES string of the molecule is Cc1nc2c(N)cccc2n1CCO. The molecule has 0 aliphatic heterocycles. The van der Waals surface area contributed by atoms with E-state index in [0.29, 0.717) is 12.2 Å². The first-order valence-corrected chi connectivity index (χ1v) is 4.56. The molecule has 0 spiro atoms. The number of imidazole rings is 1. The Hall–Kier alpha value is -1.55. The van der Waals surface area contributed by atoms with Gasteiger partial charge in [0.1, 0.15) is 11.3 Å². The van der Waals surface area contributed by atoms with Crippen molar-refractivity contribution in [1.82, 2.24) is 9.55 Å². The molecule has 0 amide bonds. The number of aromatic nitrogens is 2. The average Bonchev–Trinajstić information content (AvgIpc) is 2.47. The second kappa shape index (κ2) is 3.31. The Kier molecular flexibility index (Phi) is 2.13. The van der Waals surface area contributed by atoms with Crippen molar-refractivity contribution >= 4 is 16.7 Å². The van der Waals surface area contributed by atoms with Crippen LogP contribution in [-0.4, -0.2) is 21.3 Å². The number of rotatable bonds is 2. The minimum Gasteiger partial charge on any atom is -0.397 e. The van der Waals surface area contributed by atoms with Crippen molar-refractivity contribution in [3.8, 4) is 0 Å². The molecule has 2 aromatic rings. The van der Waals surface area contributed by atoms with Crippen LogP contribution in [0, 0.1) is 6.92 Å². The summed E-state index contributed by atoms with van der Waals surface area (Å²) in [6, 6.07) is 5.69. The normalized spacial score (nSPS) is 11.0. The Morgan fingerprint density at radius 1 is 1.50 bits per heavy atom. The van der Waals surface area contributed by atoms with E-state index < -0.39 is 0 Å². The van der Waals surface area contributed by atoms with Gasteiger partial charge in [-0.1, -0.05) is 6.07 Å². The first kappa shape index (κ1) is 9.02. The molecule has 1 aromatic heterocycles. The van der Waals surface area contributed by atoms with Crippen molar-refractivity contribution in [2.24, 2.45) is 0 Å². The smallest absolute Gasteiger partial charge is 0.112 e. The fourth-order valence-electron chi connectivity index (χ4n) is 1.67. The van der Waals surface area contributed by atoms with E-state index in [9.17, 15) is 0 Å². The number of hydrogen-bond donors (Lipinski definition) is 2. The van der Waals surface area contributed by atoms with E-state index in [0.717, 1.165) is 16.9 Å². The second-order valence-corrected chi connectivity index (χ2v) is 3.25. The van der Waals surface area contributed by atoms with Gasteiger partial charge in [0.2, 0.25) is 0 Å². The molecule has 0 saturated heterocycles. The minimum absolute atomic E-state index is 0.112. The molecule has 0 aliphatic rings. The predicted molar refractivity (Wildman–Crippen MR) is 56.0 cm³/mol. The van der Waals surface area contributed by atoms with Crippen molar-refractivity contribution in [3.05, 3.63) is 24.0 Å². The molecule has 0 unspecified atom stereocenters. The maximum atomic E-state index is 8.91. The number of nitrogens with zero attached hydrogens (tertiary/aromatic N) is 2. The molecule has 0 aliphatic carbocycles. The van der Waals surface area contributed by atoms with Crippen molar-refractivity contribution in [2.45, 2.75) is 13.5 Å².